The summed E-state index contributed by atoms with van der Waals surface area (Å²) in [6, 6.07) is 1.82. The van der Waals surface area contributed by atoms with Gasteiger partial charge in [0.1, 0.15) is 0 Å². The fraction of sp³-hybridized carbons (Fsp3) is 0.538. The number of ether oxygens (including phenoxy) is 1. The van der Waals surface area contributed by atoms with Crippen LogP contribution in [0.5, 0.6) is 0 Å². The lowest BCUT2D eigenvalue weighted by Gasteiger charge is -2.31. The second-order valence-electron chi connectivity index (χ2n) is 4.47. The SMILES string of the molecule is CCOC(=O)[C@@H]1CCCN(C(=O)c2cc(Br)cs2)C1. The summed E-state index contributed by atoms with van der Waals surface area (Å²) in [4.78, 5) is 26.5. The Morgan fingerprint density at radius 1 is 1.58 bits per heavy atom. The van der Waals surface area contributed by atoms with Gasteiger partial charge in [-0.15, -0.1) is 11.3 Å². The van der Waals surface area contributed by atoms with Crippen molar-refractivity contribution in [2.24, 2.45) is 5.92 Å². The molecular formula is C13H16BrNO3S. The number of nitrogens with zero attached hydrogens (tertiary/aromatic N) is 1. The van der Waals surface area contributed by atoms with Crippen molar-refractivity contribution in [1.82, 2.24) is 4.90 Å². The highest BCUT2D eigenvalue weighted by atomic mass is 79.9. The van der Waals surface area contributed by atoms with E-state index in [2.05, 4.69) is 15.9 Å². The van der Waals surface area contributed by atoms with Crippen LogP contribution in [0.15, 0.2) is 15.9 Å². The number of esters is 1. The van der Waals surface area contributed by atoms with Gasteiger partial charge < -0.3 is 9.64 Å². The van der Waals surface area contributed by atoms with Crippen molar-refractivity contribution in [3.05, 3.63) is 20.8 Å². The molecule has 0 bridgehead atoms. The van der Waals surface area contributed by atoms with Crippen LogP contribution in [0, 0.1) is 5.92 Å². The molecule has 4 nitrogen and oxygen atoms in total. The molecule has 0 N–H and O–H groups in total. The van der Waals surface area contributed by atoms with Crippen LogP contribution in [0.25, 0.3) is 0 Å². The van der Waals surface area contributed by atoms with Crippen LogP contribution in [0.1, 0.15) is 29.4 Å². The molecule has 104 valence electrons. The molecule has 0 radical (unpaired) electrons. The Morgan fingerprint density at radius 2 is 2.37 bits per heavy atom. The van der Waals surface area contributed by atoms with Gasteiger partial charge in [-0.3, -0.25) is 9.59 Å². The summed E-state index contributed by atoms with van der Waals surface area (Å²) in [6.45, 7) is 3.37. The highest BCUT2D eigenvalue weighted by Gasteiger charge is 2.30. The molecule has 19 heavy (non-hydrogen) atoms. The molecule has 0 spiro atoms. The van der Waals surface area contributed by atoms with Gasteiger partial charge in [0, 0.05) is 22.9 Å². The van der Waals surface area contributed by atoms with E-state index in [4.69, 9.17) is 4.74 Å². The first-order chi connectivity index (χ1) is 9.11. The molecule has 1 fully saturated rings. The quantitative estimate of drug-likeness (QED) is 0.791. The summed E-state index contributed by atoms with van der Waals surface area (Å²) in [5, 5.41) is 1.89. The Morgan fingerprint density at radius 3 is 3.00 bits per heavy atom. The van der Waals surface area contributed by atoms with Gasteiger partial charge in [-0.25, -0.2) is 0 Å². The molecule has 1 aromatic heterocycles. The van der Waals surface area contributed by atoms with Crippen molar-refractivity contribution in [2.45, 2.75) is 19.8 Å². The zero-order valence-electron chi connectivity index (χ0n) is 10.7. The zero-order chi connectivity index (χ0) is 13.8. The number of amides is 1. The fourth-order valence-electron chi connectivity index (χ4n) is 2.20. The number of carbonyl (C=O) groups is 2. The topological polar surface area (TPSA) is 46.6 Å². The molecule has 0 saturated carbocycles. The average Bonchev–Trinajstić information content (AvgIpc) is 2.85. The van der Waals surface area contributed by atoms with Crippen molar-refractivity contribution in [1.29, 1.82) is 0 Å². The standard InChI is InChI=1S/C13H16BrNO3S/c1-2-18-13(17)9-4-3-5-15(7-9)12(16)11-6-10(14)8-19-11/h6,8-9H,2-5,7H2,1H3/t9-/m1/s1. The van der Waals surface area contributed by atoms with E-state index in [9.17, 15) is 9.59 Å². The van der Waals surface area contributed by atoms with E-state index in [-0.39, 0.29) is 17.8 Å². The Bertz CT molecular complexity index is 474. The fourth-order valence-corrected chi connectivity index (χ4v) is 3.59. The summed E-state index contributed by atoms with van der Waals surface area (Å²) in [6.07, 6.45) is 1.65. The van der Waals surface area contributed by atoms with Crippen LogP contribution < -0.4 is 0 Å². The minimum atomic E-state index is -0.188. The molecule has 1 saturated heterocycles. The molecule has 1 aliphatic heterocycles. The van der Waals surface area contributed by atoms with Gasteiger partial charge in [0.05, 0.1) is 17.4 Å². The van der Waals surface area contributed by atoms with E-state index >= 15 is 0 Å². The van der Waals surface area contributed by atoms with Crippen molar-refractivity contribution >= 4 is 39.1 Å². The molecular weight excluding hydrogens is 330 g/mol. The Labute approximate surface area is 124 Å². The Hall–Kier alpha value is -0.880. The number of halogens is 1. The second-order valence-corrected chi connectivity index (χ2v) is 6.30. The lowest BCUT2D eigenvalue weighted by Crippen LogP contribution is -2.42. The Kier molecular flexibility index (Phi) is 4.99. The van der Waals surface area contributed by atoms with Crippen molar-refractivity contribution in [2.75, 3.05) is 19.7 Å². The number of rotatable bonds is 3. The van der Waals surface area contributed by atoms with Gasteiger partial charge in [0.2, 0.25) is 0 Å². The molecule has 0 aliphatic carbocycles. The van der Waals surface area contributed by atoms with Gasteiger partial charge in [-0.05, 0) is 41.8 Å². The van der Waals surface area contributed by atoms with E-state index in [1.165, 1.54) is 11.3 Å². The number of hydrogen-bond donors (Lipinski definition) is 0. The molecule has 0 aromatic carbocycles. The smallest absolute Gasteiger partial charge is 0.310 e. The normalized spacial score (nSPS) is 19.3. The van der Waals surface area contributed by atoms with Gasteiger partial charge in [0.25, 0.3) is 5.91 Å². The minimum Gasteiger partial charge on any atom is -0.466 e. The third-order valence-electron chi connectivity index (χ3n) is 3.11. The maximum atomic E-state index is 12.3. The highest BCUT2D eigenvalue weighted by Crippen LogP contribution is 2.24. The maximum absolute atomic E-state index is 12.3. The van der Waals surface area contributed by atoms with Crippen molar-refractivity contribution in [3.63, 3.8) is 0 Å². The van der Waals surface area contributed by atoms with Gasteiger partial charge in [-0.2, -0.15) is 0 Å². The Balaban J connectivity index is 2.01. The first-order valence-electron chi connectivity index (χ1n) is 6.31. The summed E-state index contributed by atoms with van der Waals surface area (Å²) < 4.78 is 5.95. The highest BCUT2D eigenvalue weighted by molar-refractivity contribution is 9.10. The van der Waals surface area contributed by atoms with Crippen LogP contribution in [-0.2, 0) is 9.53 Å². The monoisotopic (exact) mass is 345 g/mol. The molecule has 1 atom stereocenters. The predicted octanol–water partition coefficient (Wildman–Crippen LogP) is 2.93. The molecule has 0 unspecified atom stereocenters. The van der Waals surface area contributed by atoms with Crippen LogP contribution in [0.4, 0.5) is 0 Å². The summed E-state index contributed by atoms with van der Waals surface area (Å²) in [5.74, 6) is -0.363. The van der Waals surface area contributed by atoms with Crippen LogP contribution in [-0.4, -0.2) is 36.5 Å². The first-order valence-corrected chi connectivity index (χ1v) is 7.99. The molecule has 1 aromatic rings. The number of piperidine rings is 1. The zero-order valence-corrected chi connectivity index (χ0v) is 13.1. The molecule has 2 heterocycles. The largest absolute Gasteiger partial charge is 0.466 e. The van der Waals surface area contributed by atoms with Gasteiger partial charge in [-0.1, -0.05) is 0 Å². The summed E-state index contributed by atoms with van der Waals surface area (Å²) >= 11 is 4.76. The summed E-state index contributed by atoms with van der Waals surface area (Å²) in [7, 11) is 0. The van der Waals surface area contributed by atoms with Crippen LogP contribution in [0.3, 0.4) is 0 Å². The van der Waals surface area contributed by atoms with Crippen LogP contribution >= 0.6 is 27.3 Å². The molecule has 6 heteroatoms. The molecule has 1 aliphatic rings. The minimum absolute atomic E-state index is 0.00435. The second kappa shape index (κ2) is 6.52. The van der Waals surface area contributed by atoms with Crippen molar-refractivity contribution in [3.8, 4) is 0 Å². The van der Waals surface area contributed by atoms with E-state index in [1.54, 1.807) is 11.8 Å². The van der Waals surface area contributed by atoms with Crippen LogP contribution in [0.2, 0.25) is 0 Å². The van der Waals surface area contributed by atoms with Gasteiger partial charge >= 0.3 is 5.97 Å². The number of carbonyl (C=O) groups excluding carboxylic acids is 2. The van der Waals surface area contributed by atoms with E-state index in [0.717, 1.165) is 17.3 Å². The average molecular weight is 346 g/mol. The lowest BCUT2D eigenvalue weighted by atomic mass is 9.98. The van der Waals surface area contributed by atoms with Gasteiger partial charge in [0.15, 0.2) is 0 Å². The molecule has 1 amide bonds. The first kappa shape index (κ1) is 14.5. The summed E-state index contributed by atoms with van der Waals surface area (Å²) in [5.41, 5.74) is 0. The van der Waals surface area contributed by atoms with E-state index in [1.807, 2.05) is 11.4 Å². The third-order valence-corrected chi connectivity index (χ3v) is 4.79. The number of thiophene rings is 1. The molecule has 2 rings (SSSR count). The number of hydrogen-bond acceptors (Lipinski definition) is 4. The lowest BCUT2D eigenvalue weighted by molar-refractivity contribution is -0.149. The van der Waals surface area contributed by atoms with Crippen molar-refractivity contribution < 1.29 is 14.3 Å². The predicted molar refractivity (Wildman–Crippen MR) is 77.3 cm³/mol. The maximum Gasteiger partial charge on any atom is 0.310 e. The third kappa shape index (κ3) is 3.57. The van der Waals surface area contributed by atoms with E-state index in [0.29, 0.717) is 24.6 Å². The van der Waals surface area contributed by atoms with E-state index < -0.39 is 0 Å². The number of likely N-dealkylation sites (tertiary alicyclic amines) is 1.